The van der Waals surface area contributed by atoms with Crippen molar-refractivity contribution in [2.24, 2.45) is 5.92 Å². The van der Waals surface area contributed by atoms with E-state index in [1.54, 1.807) is 17.0 Å². The van der Waals surface area contributed by atoms with Gasteiger partial charge in [-0.15, -0.1) is 0 Å². The summed E-state index contributed by atoms with van der Waals surface area (Å²) in [6.45, 7) is 0. The van der Waals surface area contributed by atoms with Gasteiger partial charge in [0.05, 0.1) is 7.11 Å². The van der Waals surface area contributed by atoms with E-state index in [1.165, 1.54) is 13.2 Å². The number of carbonyl (C=O) groups is 2. The lowest BCUT2D eigenvalue weighted by Gasteiger charge is -2.27. The quantitative estimate of drug-likeness (QED) is 0.902. The summed E-state index contributed by atoms with van der Waals surface area (Å²) >= 11 is 0. The number of aromatic carboxylic acids is 1. The molecule has 1 saturated heterocycles. The van der Waals surface area contributed by atoms with E-state index in [1.807, 2.05) is 0 Å². The molecule has 5 nitrogen and oxygen atoms in total. The van der Waals surface area contributed by atoms with Crippen LogP contribution in [0, 0.1) is 5.92 Å². The molecular weight excluding hydrogens is 246 g/mol. The van der Waals surface area contributed by atoms with E-state index in [2.05, 4.69) is 0 Å². The van der Waals surface area contributed by atoms with E-state index in [0.29, 0.717) is 5.75 Å². The van der Waals surface area contributed by atoms with Gasteiger partial charge in [0, 0.05) is 23.7 Å². The Bertz CT molecular complexity index is 554. The van der Waals surface area contributed by atoms with Crippen LogP contribution in [0.4, 0.5) is 5.69 Å². The number of amides is 1. The van der Waals surface area contributed by atoms with Gasteiger partial charge in [0.1, 0.15) is 11.3 Å². The standard InChI is InChI=1S/C14H15NO4/c1-19-12-7-10(4-5-11(12)14(17)18)15-9-3-2-8(6-9)13(15)16/h4-5,7-9H,2-3,6H2,1H3,(H,17,18)/t8-,9+/m1/s1. The van der Waals surface area contributed by atoms with E-state index in [9.17, 15) is 9.59 Å². The van der Waals surface area contributed by atoms with Crippen LogP contribution in [-0.2, 0) is 4.79 Å². The van der Waals surface area contributed by atoms with Gasteiger partial charge in [0.25, 0.3) is 0 Å². The minimum atomic E-state index is -1.03. The van der Waals surface area contributed by atoms with Crippen LogP contribution in [0.1, 0.15) is 29.6 Å². The molecule has 1 aromatic carbocycles. The van der Waals surface area contributed by atoms with Gasteiger partial charge >= 0.3 is 5.97 Å². The SMILES string of the molecule is COc1cc(N2C(=O)[C@@H]3CC[C@H]2C3)ccc1C(=O)O. The highest BCUT2D eigenvalue weighted by Gasteiger charge is 2.45. The van der Waals surface area contributed by atoms with Crippen LogP contribution in [0.3, 0.4) is 0 Å². The number of nitrogens with zero attached hydrogens (tertiary/aromatic N) is 1. The second kappa shape index (κ2) is 4.26. The van der Waals surface area contributed by atoms with Crippen LogP contribution in [0.15, 0.2) is 18.2 Å². The normalized spacial score (nSPS) is 24.9. The number of methoxy groups -OCH3 is 1. The van der Waals surface area contributed by atoms with Crippen LogP contribution in [0.5, 0.6) is 5.75 Å². The molecule has 2 bridgehead atoms. The minimum Gasteiger partial charge on any atom is -0.496 e. The number of ether oxygens (including phenoxy) is 1. The monoisotopic (exact) mass is 261 g/mol. The zero-order valence-corrected chi connectivity index (χ0v) is 10.6. The van der Waals surface area contributed by atoms with Gasteiger partial charge in [-0.05, 0) is 31.4 Å². The molecule has 1 N–H and O–H groups in total. The second-order valence-corrected chi connectivity index (χ2v) is 5.06. The summed E-state index contributed by atoms with van der Waals surface area (Å²) in [5, 5.41) is 9.05. The fraction of sp³-hybridized carbons (Fsp3) is 0.429. The summed E-state index contributed by atoms with van der Waals surface area (Å²) in [5.41, 5.74) is 0.849. The van der Waals surface area contributed by atoms with Gasteiger partial charge in [-0.1, -0.05) is 0 Å². The molecule has 19 heavy (non-hydrogen) atoms. The molecule has 5 heteroatoms. The highest BCUT2D eigenvalue weighted by molar-refractivity contribution is 6.00. The third-order valence-corrected chi connectivity index (χ3v) is 4.05. The number of hydrogen-bond acceptors (Lipinski definition) is 3. The van der Waals surface area contributed by atoms with Crippen molar-refractivity contribution in [3.8, 4) is 5.75 Å². The second-order valence-electron chi connectivity index (χ2n) is 5.06. The molecule has 1 amide bonds. The molecule has 0 unspecified atom stereocenters. The van der Waals surface area contributed by atoms with Crippen molar-refractivity contribution >= 4 is 17.6 Å². The first-order valence-electron chi connectivity index (χ1n) is 6.36. The molecule has 0 radical (unpaired) electrons. The van der Waals surface area contributed by atoms with Crippen molar-refractivity contribution in [1.29, 1.82) is 0 Å². The van der Waals surface area contributed by atoms with Crippen LogP contribution >= 0.6 is 0 Å². The number of carbonyl (C=O) groups excluding carboxylic acids is 1. The Labute approximate surface area is 110 Å². The van der Waals surface area contributed by atoms with Crippen LogP contribution in [0.25, 0.3) is 0 Å². The third-order valence-electron chi connectivity index (χ3n) is 4.05. The Balaban J connectivity index is 1.98. The number of benzene rings is 1. The van der Waals surface area contributed by atoms with E-state index in [0.717, 1.165) is 24.9 Å². The highest BCUT2D eigenvalue weighted by atomic mass is 16.5. The first-order valence-corrected chi connectivity index (χ1v) is 6.36. The Kier molecular flexibility index (Phi) is 2.69. The Hall–Kier alpha value is -2.04. The van der Waals surface area contributed by atoms with Crippen LogP contribution in [-0.4, -0.2) is 30.1 Å². The van der Waals surface area contributed by atoms with E-state index >= 15 is 0 Å². The Morgan fingerprint density at radius 2 is 2.21 bits per heavy atom. The van der Waals surface area contributed by atoms with E-state index < -0.39 is 5.97 Å². The number of rotatable bonds is 3. The van der Waals surface area contributed by atoms with Crippen molar-refractivity contribution in [2.45, 2.75) is 25.3 Å². The number of anilines is 1. The zero-order chi connectivity index (χ0) is 13.6. The molecule has 1 aliphatic carbocycles. The lowest BCUT2D eigenvalue weighted by atomic mass is 10.1. The van der Waals surface area contributed by atoms with Gasteiger partial charge in [-0.25, -0.2) is 4.79 Å². The van der Waals surface area contributed by atoms with Crippen LogP contribution < -0.4 is 9.64 Å². The minimum absolute atomic E-state index is 0.114. The van der Waals surface area contributed by atoms with E-state index in [-0.39, 0.29) is 23.4 Å². The maximum atomic E-state index is 12.2. The van der Waals surface area contributed by atoms with Crippen molar-refractivity contribution in [3.63, 3.8) is 0 Å². The molecule has 2 atom stereocenters. The van der Waals surface area contributed by atoms with Gasteiger partial charge in [-0.3, -0.25) is 4.79 Å². The summed E-state index contributed by atoms with van der Waals surface area (Å²) in [7, 11) is 1.43. The fourth-order valence-electron chi connectivity index (χ4n) is 3.14. The maximum absolute atomic E-state index is 12.2. The number of fused-ring (bicyclic) bond motifs is 2. The first kappa shape index (κ1) is 12.0. The molecule has 1 aliphatic heterocycles. The summed E-state index contributed by atoms with van der Waals surface area (Å²) in [6.07, 6.45) is 2.92. The van der Waals surface area contributed by atoms with Gasteiger partial charge in [0.15, 0.2) is 0 Å². The molecule has 0 aromatic heterocycles. The summed E-state index contributed by atoms with van der Waals surface area (Å²) in [5.74, 6) is -0.435. The topological polar surface area (TPSA) is 66.8 Å². The van der Waals surface area contributed by atoms with Gasteiger partial charge in [0.2, 0.25) is 5.91 Å². The van der Waals surface area contributed by atoms with Gasteiger partial charge in [-0.2, -0.15) is 0 Å². The van der Waals surface area contributed by atoms with Crippen molar-refractivity contribution in [1.82, 2.24) is 0 Å². The lowest BCUT2D eigenvalue weighted by molar-refractivity contribution is -0.121. The third kappa shape index (κ3) is 1.77. The van der Waals surface area contributed by atoms with Crippen molar-refractivity contribution in [2.75, 3.05) is 12.0 Å². The number of carboxylic acid groups (broad SMARTS) is 1. The molecule has 1 aromatic rings. The molecule has 1 heterocycles. The molecule has 100 valence electrons. The Morgan fingerprint density at radius 3 is 2.79 bits per heavy atom. The molecule has 0 spiro atoms. The number of hydrogen-bond donors (Lipinski definition) is 1. The summed E-state index contributed by atoms with van der Waals surface area (Å²) in [4.78, 5) is 25.0. The average molecular weight is 261 g/mol. The molecular formula is C14H15NO4. The average Bonchev–Trinajstić information content (AvgIpc) is 2.98. The molecule has 1 saturated carbocycles. The zero-order valence-electron chi connectivity index (χ0n) is 10.6. The number of carboxylic acids is 1. The maximum Gasteiger partial charge on any atom is 0.339 e. The predicted octanol–water partition coefficient (Wildman–Crippen LogP) is 1.91. The molecule has 3 rings (SSSR count). The van der Waals surface area contributed by atoms with Gasteiger partial charge < -0.3 is 14.7 Å². The largest absolute Gasteiger partial charge is 0.496 e. The van der Waals surface area contributed by atoms with Crippen LogP contribution in [0.2, 0.25) is 0 Å². The molecule has 2 aliphatic rings. The summed E-state index contributed by atoms with van der Waals surface area (Å²) < 4.78 is 5.10. The molecule has 2 fully saturated rings. The highest BCUT2D eigenvalue weighted by Crippen LogP contribution is 2.42. The summed E-state index contributed by atoms with van der Waals surface area (Å²) in [6, 6.07) is 5.08. The first-order chi connectivity index (χ1) is 9.11. The van der Waals surface area contributed by atoms with Crippen molar-refractivity contribution < 1.29 is 19.4 Å². The predicted molar refractivity (Wildman–Crippen MR) is 68.6 cm³/mol. The van der Waals surface area contributed by atoms with Crippen molar-refractivity contribution in [3.05, 3.63) is 23.8 Å². The van der Waals surface area contributed by atoms with E-state index in [4.69, 9.17) is 9.84 Å². The smallest absolute Gasteiger partial charge is 0.339 e. The fourth-order valence-corrected chi connectivity index (χ4v) is 3.14. The Morgan fingerprint density at radius 1 is 1.42 bits per heavy atom. The lowest BCUT2D eigenvalue weighted by Crippen LogP contribution is -2.36. The number of piperidine rings is 1.